The van der Waals surface area contributed by atoms with Crippen LogP contribution in [0.3, 0.4) is 0 Å². The lowest BCUT2D eigenvalue weighted by atomic mass is 9.87. The Morgan fingerprint density at radius 3 is 2.43 bits per heavy atom. The van der Waals surface area contributed by atoms with E-state index in [2.05, 4.69) is 9.98 Å². The van der Waals surface area contributed by atoms with Gasteiger partial charge in [0.1, 0.15) is 23.5 Å². The third kappa shape index (κ3) is 3.49. The fraction of sp³-hybridized carbons (Fsp3) is 0.529. The molecule has 21 heavy (non-hydrogen) atoms. The van der Waals surface area contributed by atoms with Crippen molar-refractivity contribution in [1.82, 2.24) is 0 Å². The molecule has 1 aromatic carbocycles. The Labute approximate surface area is 126 Å². The summed E-state index contributed by atoms with van der Waals surface area (Å²) in [7, 11) is 0. The molecule has 2 atom stereocenters. The molecule has 0 N–H and O–H groups in total. The van der Waals surface area contributed by atoms with Gasteiger partial charge in [-0.05, 0) is 58.7 Å². The maximum absolute atomic E-state index is 14.5. The zero-order valence-corrected chi connectivity index (χ0v) is 13.6. The maximum atomic E-state index is 14.5. The lowest BCUT2D eigenvalue weighted by molar-refractivity contribution is 0.129. The number of aliphatic imine (C=N–C) groups is 2. The predicted molar refractivity (Wildman–Crippen MR) is 85.3 cm³/mol. The van der Waals surface area contributed by atoms with Crippen molar-refractivity contribution in [3.8, 4) is 5.75 Å². The van der Waals surface area contributed by atoms with Crippen LogP contribution in [0.5, 0.6) is 5.75 Å². The van der Waals surface area contributed by atoms with Crippen LogP contribution in [0.15, 0.2) is 22.1 Å². The lowest BCUT2D eigenvalue weighted by Gasteiger charge is -2.27. The zero-order valence-electron chi connectivity index (χ0n) is 13.6. The molecule has 0 amide bonds. The number of rotatable bonds is 2. The minimum atomic E-state index is -0.349. The van der Waals surface area contributed by atoms with E-state index in [4.69, 9.17) is 4.74 Å². The van der Waals surface area contributed by atoms with Gasteiger partial charge in [0.15, 0.2) is 0 Å². The van der Waals surface area contributed by atoms with Gasteiger partial charge in [-0.1, -0.05) is 0 Å². The number of hydrogen-bond donors (Lipinski definition) is 0. The summed E-state index contributed by atoms with van der Waals surface area (Å²) in [6.45, 7) is 11.7. The lowest BCUT2D eigenvalue weighted by Crippen LogP contribution is -2.26. The molecule has 1 aromatic rings. The first kappa shape index (κ1) is 15.7. The molecule has 114 valence electrons. The van der Waals surface area contributed by atoms with Crippen LogP contribution >= 0.6 is 0 Å². The monoisotopic (exact) mass is 290 g/mol. The highest BCUT2D eigenvalue weighted by molar-refractivity contribution is 5.96. The van der Waals surface area contributed by atoms with Crippen LogP contribution in [0.4, 0.5) is 4.39 Å². The summed E-state index contributed by atoms with van der Waals surface area (Å²) < 4.78 is 20.4. The Morgan fingerprint density at radius 2 is 1.86 bits per heavy atom. The molecule has 3 nitrogen and oxygen atoms in total. The van der Waals surface area contributed by atoms with Gasteiger partial charge in [0.2, 0.25) is 0 Å². The Kier molecular flexibility index (Phi) is 4.17. The van der Waals surface area contributed by atoms with E-state index in [-0.39, 0.29) is 23.4 Å². The van der Waals surface area contributed by atoms with Gasteiger partial charge in [0, 0.05) is 17.7 Å². The highest BCUT2D eigenvalue weighted by Gasteiger charge is 2.27. The average Bonchev–Trinajstić information content (AvgIpc) is 2.33. The molecule has 0 spiro atoms. The molecule has 1 heterocycles. The summed E-state index contributed by atoms with van der Waals surface area (Å²) >= 11 is 0. The van der Waals surface area contributed by atoms with Gasteiger partial charge in [-0.15, -0.1) is 0 Å². The molecule has 2 rings (SSSR count). The molecule has 0 fully saturated rings. The fourth-order valence-electron chi connectivity index (χ4n) is 2.59. The summed E-state index contributed by atoms with van der Waals surface area (Å²) in [6.07, 6.45) is 1.55. The molecular formula is C17H23FN2O. The van der Waals surface area contributed by atoms with Crippen LogP contribution in [0.2, 0.25) is 0 Å². The average molecular weight is 290 g/mol. The van der Waals surface area contributed by atoms with Gasteiger partial charge in [-0.25, -0.2) is 9.38 Å². The van der Waals surface area contributed by atoms with Crippen molar-refractivity contribution < 1.29 is 9.13 Å². The minimum absolute atomic E-state index is 0.00853. The van der Waals surface area contributed by atoms with E-state index in [0.717, 1.165) is 11.3 Å². The van der Waals surface area contributed by atoms with Crippen molar-refractivity contribution in [2.45, 2.75) is 59.1 Å². The number of benzene rings is 1. The highest BCUT2D eigenvalue weighted by atomic mass is 19.1. The second-order valence-electron chi connectivity index (χ2n) is 6.61. The molecule has 0 aromatic heterocycles. The van der Waals surface area contributed by atoms with Crippen LogP contribution in [0.25, 0.3) is 0 Å². The Hall–Kier alpha value is -1.71. The molecule has 0 saturated carbocycles. The molecular weight excluding hydrogens is 267 g/mol. The third-order valence-corrected chi connectivity index (χ3v) is 3.54. The number of nitrogens with zero attached hydrogens (tertiary/aromatic N) is 2. The number of aryl methyl sites for hydroxylation is 1. The van der Waals surface area contributed by atoms with Gasteiger partial charge in [0.25, 0.3) is 0 Å². The summed E-state index contributed by atoms with van der Waals surface area (Å²) in [6, 6.07) is 3.33. The molecule has 0 bridgehead atoms. The molecule has 0 radical (unpaired) electrons. The van der Waals surface area contributed by atoms with Crippen LogP contribution in [0.1, 0.15) is 51.7 Å². The Balaban J connectivity index is 2.41. The van der Waals surface area contributed by atoms with E-state index >= 15 is 0 Å². The topological polar surface area (TPSA) is 34.0 Å². The summed E-state index contributed by atoms with van der Waals surface area (Å²) in [5, 5.41) is 0. The van der Waals surface area contributed by atoms with Gasteiger partial charge in [-0.3, -0.25) is 4.99 Å². The first-order valence-corrected chi connectivity index (χ1v) is 7.24. The maximum Gasteiger partial charge on any atom is 0.130 e. The summed E-state index contributed by atoms with van der Waals surface area (Å²) in [5.41, 5.74) is 2.11. The van der Waals surface area contributed by atoms with Crippen molar-refractivity contribution >= 4 is 12.1 Å². The Morgan fingerprint density at radius 1 is 1.19 bits per heavy atom. The first-order chi connectivity index (χ1) is 9.69. The SMILES string of the molecule is CC1=NC=NC(C)C1c1cc(C)c(OC(C)(C)C)cc1F. The minimum Gasteiger partial charge on any atom is -0.488 e. The van der Waals surface area contributed by atoms with E-state index in [9.17, 15) is 4.39 Å². The van der Waals surface area contributed by atoms with Crippen LogP contribution in [0, 0.1) is 12.7 Å². The van der Waals surface area contributed by atoms with E-state index in [0.29, 0.717) is 11.3 Å². The number of halogens is 1. The zero-order chi connectivity index (χ0) is 15.8. The van der Waals surface area contributed by atoms with Crippen LogP contribution in [-0.2, 0) is 0 Å². The fourth-order valence-corrected chi connectivity index (χ4v) is 2.59. The molecule has 1 aliphatic rings. The van der Waals surface area contributed by atoms with E-state index in [1.807, 2.05) is 47.6 Å². The van der Waals surface area contributed by atoms with Crippen molar-refractivity contribution in [2.75, 3.05) is 0 Å². The van der Waals surface area contributed by atoms with Crippen LogP contribution < -0.4 is 4.74 Å². The quantitative estimate of drug-likeness (QED) is 0.800. The van der Waals surface area contributed by atoms with E-state index < -0.39 is 0 Å². The standard InChI is InChI=1S/C17H23FN2O/c1-10-7-13(16-11(2)19-9-20-12(16)3)14(18)8-15(10)21-17(4,5)6/h7-9,11,16H,1-6H3. The molecule has 0 saturated heterocycles. The van der Waals surface area contributed by atoms with Crippen molar-refractivity contribution in [3.63, 3.8) is 0 Å². The predicted octanol–water partition coefficient (Wildman–Crippen LogP) is 4.29. The molecule has 0 aliphatic carbocycles. The number of hydrogen-bond acceptors (Lipinski definition) is 3. The largest absolute Gasteiger partial charge is 0.488 e. The third-order valence-electron chi connectivity index (χ3n) is 3.54. The van der Waals surface area contributed by atoms with E-state index in [1.165, 1.54) is 6.07 Å². The second-order valence-corrected chi connectivity index (χ2v) is 6.61. The van der Waals surface area contributed by atoms with Crippen molar-refractivity contribution in [3.05, 3.63) is 29.1 Å². The molecule has 2 unspecified atom stereocenters. The van der Waals surface area contributed by atoms with Crippen molar-refractivity contribution in [2.24, 2.45) is 9.98 Å². The summed E-state index contributed by atoms with van der Waals surface area (Å²) in [5.74, 6) is 0.214. The van der Waals surface area contributed by atoms with Gasteiger partial charge >= 0.3 is 0 Å². The number of ether oxygens (including phenoxy) is 1. The molecule has 4 heteroatoms. The van der Waals surface area contributed by atoms with Gasteiger partial charge in [-0.2, -0.15) is 0 Å². The van der Waals surface area contributed by atoms with E-state index in [1.54, 1.807) is 6.34 Å². The first-order valence-electron chi connectivity index (χ1n) is 7.24. The second kappa shape index (κ2) is 5.58. The van der Waals surface area contributed by atoms with Gasteiger partial charge in [0.05, 0.1) is 6.04 Å². The summed E-state index contributed by atoms with van der Waals surface area (Å²) in [4.78, 5) is 8.50. The molecule has 1 aliphatic heterocycles. The normalized spacial score (nSPS) is 22.1. The smallest absolute Gasteiger partial charge is 0.130 e. The van der Waals surface area contributed by atoms with Crippen LogP contribution in [-0.4, -0.2) is 23.7 Å². The van der Waals surface area contributed by atoms with Crippen molar-refractivity contribution in [1.29, 1.82) is 0 Å². The van der Waals surface area contributed by atoms with Gasteiger partial charge < -0.3 is 4.74 Å². The highest BCUT2D eigenvalue weighted by Crippen LogP contribution is 2.33. The Bertz CT molecular complexity index is 600.